The van der Waals surface area contributed by atoms with Crippen LogP contribution >= 0.6 is 0 Å². The zero-order valence-corrected chi connectivity index (χ0v) is 12.9. The minimum absolute atomic E-state index is 0.655. The van der Waals surface area contributed by atoms with Crippen LogP contribution < -0.4 is 11.5 Å². The molecule has 118 valence electrons. The molecule has 0 aromatic heterocycles. The van der Waals surface area contributed by atoms with E-state index in [2.05, 4.69) is 44.1 Å². The van der Waals surface area contributed by atoms with Crippen LogP contribution in [-0.4, -0.2) is 73.8 Å². The first-order chi connectivity index (χ1) is 10.8. The molecular formula is C16H24N6. The van der Waals surface area contributed by atoms with Crippen molar-refractivity contribution in [3.8, 4) is 0 Å². The Morgan fingerprint density at radius 2 is 1.18 bits per heavy atom. The smallest absolute Gasteiger partial charge is 0.131 e. The molecule has 0 spiro atoms. The van der Waals surface area contributed by atoms with Crippen LogP contribution in [0.3, 0.4) is 0 Å². The number of aliphatic imine (C=N–C) groups is 2. The first-order valence-corrected chi connectivity index (χ1v) is 7.93. The third-order valence-electron chi connectivity index (χ3n) is 4.06. The van der Waals surface area contributed by atoms with Crippen LogP contribution in [0, 0.1) is 0 Å². The molecule has 0 amide bonds. The summed E-state index contributed by atoms with van der Waals surface area (Å²) in [6.07, 6.45) is 0. The van der Waals surface area contributed by atoms with E-state index in [0.717, 1.165) is 62.1 Å². The van der Waals surface area contributed by atoms with Crippen LogP contribution in [0.15, 0.2) is 34.3 Å². The number of nitrogens with zero attached hydrogens (tertiary/aromatic N) is 4. The Morgan fingerprint density at radius 1 is 0.773 bits per heavy atom. The van der Waals surface area contributed by atoms with Gasteiger partial charge in [0.25, 0.3) is 0 Å². The summed E-state index contributed by atoms with van der Waals surface area (Å²) in [5.41, 5.74) is 13.6. The highest BCUT2D eigenvalue weighted by molar-refractivity contribution is 6.03. The van der Waals surface area contributed by atoms with Crippen molar-refractivity contribution in [2.45, 2.75) is 0 Å². The van der Waals surface area contributed by atoms with Crippen molar-refractivity contribution in [1.29, 1.82) is 0 Å². The number of hydrogen-bond donors (Lipinski definition) is 2. The van der Waals surface area contributed by atoms with E-state index in [-0.39, 0.29) is 0 Å². The Hall–Kier alpha value is -1.92. The summed E-state index contributed by atoms with van der Waals surface area (Å²) in [7, 11) is 0. The van der Waals surface area contributed by atoms with Gasteiger partial charge in [0, 0.05) is 50.4 Å². The van der Waals surface area contributed by atoms with Crippen molar-refractivity contribution in [2.75, 3.05) is 52.4 Å². The Balaban J connectivity index is 1.76. The molecule has 22 heavy (non-hydrogen) atoms. The van der Waals surface area contributed by atoms with Crippen LogP contribution in [-0.2, 0) is 0 Å². The maximum Gasteiger partial charge on any atom is 0.131 e. The monoisotopic (exact) mass is 300 g/mol. The molecule has 6 heteroatoms. The quantitative estimate of drug-likeness (QED) is 0.757. The summed E-state index contributed by atoms with van der Waals surface area (Å²) in [6.45, 7) is 6.66. The van der Waals surface area contributed by atoms with Gasteiger partial charge >= 0.3 is 0 Å². The summed E-state index contributed by atoms with van der Waals surface area (Å²) in [4.78, 5) is 13.7. The van der Waals surface area contributed by atoms with E-state index in [1.165, 1.54) is 0 Å². The van der Waals surface area contributed by atoms with Gasteiger partial charge in [0.2, 0.25) is 0 Å². The SMILES string of the molecule is NCCN1CCN=C1c1ccc(C2=NCCN2CCN)cc1. The zero-order chi connectivity index (χ0) is 15.4. The second-order valence-corrected chi connectivity index (χ2v) is 5.54. The number of hydrogen-bond acceptors (Lipinski definition) is 6. The average Bonchev–Trinajstić information content (AvgIpc) is 3.18. The van der Waals surface area contributed by atoms with Crippen molar-refractivity contribution in [3.05, 3.63) is 35.4 Å². The topological polar surface area (TPSA) is 83.2 Å². The van der Waals surface area contributed by atoms with Crippen molar-refractivity contribution in [2.24, 2.45) is 21.5 Å². The fraction of sp³-hybridized carbons (Fsp3) is 0.500. The molecular weight excluding hydrogens is 276 g/mol. The summed E-state index contributed by atoms with van der Waals surface area (Å²) in [6, 6.07) is 8.52. The van der Waals surface area contributed by atoms with Gasteiger partial charge in [-0.2, -0.15) is 0 Å². The number of amidine groups is 2. The van der Waals surface area contributed by atoms with Crippen LogP contribution in [0.1, 0.15) is 11.1 Å². The van der Waals surface area contributed by atoms with E-state index in [1.807, 2.05) is 0 Å². The third kappa shape index (κ3) is 2.98. The Bertz CT molecular complexity index is 512. The van der Waals surface area contributed by atoms with Crippen molar-refractivity contribution in [3.63, 3.8) is 0 Å². The first kappa shape index (κ1) is 15.0. The van der Waals surface area contributed by atoms with E-state index in [1.54, 1.807) is 0 Å². The van der Waals surface area contributed by atoms with Crippen LogP contribution in [0.4, 0.5) is 0 Å². The molecule has 0 saturated carbocycles. The lowest BCUT2D eigenvalue weighted by molar-refractivity contribution is 0.468. The summed E-state index contributed by atoms with van der Waals surface area (Å²) in [5.74, 6) is 2.12. The van der Waals surface area contributed by atoms with Gasteiger partial charge in [-0.15, -0.1) is 0 Å². The fourth-order valence-electron chi connectivity index (χ4n) is 3.03. The molecule has 3 rings (SSSR count). The second-order valence-electron chi connectivity index (χ2n) is 5.54. The molecule has 2 heterocycles. The molecule has 0 radical (unpaired) electrons. The molecule has 0 fully saturated rings. The molecule has 6 nitrogen and oxygen atoms in total. The lowest BCUT2D eigenvalue weighted by Gasteiger charge is -2.21. The molecule has 4 N–H and O–H groups in total. The minimum Gasteiger partial charge on any atom is -0.353 e. The molecule has 1 aromatic carbocycles. The molecule has 0 saturated heterocycles. The summed E-state index contributed by atoms with van der Waals surface area (Å²) >= 11 is 0. The lowest BCUT2D eigenvalue weighted by atomic mass is 10.1. The van der Waals surface area contributed by atoms with Gasteiger partial charge in [-0.25, -0.2) is 0 Å². The largest absolute Gasteiger partial charge is 0.353 e. The Labute approximate surface area is 131 Å². The van der Waals surface area contributed by atoms with E-state index >= 15 is 0 Å². The van der Waals surface area contributed by atoms with Gasteiger partial charge in [0.15, 0.2) is 0 Å². The van der Waals surface area contributed by atoms with E-state index in [9.17, 15) is 0 Å². The van der Waals surface area contributed by atoms with Crippen LogP contribution in [0.5, 0.6) is 0 Å². The third-order valence-corrected chi connectivity index (χ3v) is 4.06. The predicted molar refractivity (Wildman–Crippen MR) is 90.5 cm³/mol. The molecule has 0 bridgehead atoms. The van der Waals surface area contributed by atoms with Crippen molar-refractivity contribution < 1.29 is 0 Å². The van der Waals surface area contributed by atoms with Crippen molar-refractivity contribution in [1.82, 2.24) is 9.80 Å². The molecule has 2 aliphatic heterocycles. The van der Waals surface area contributed by atoms with Gasteiger partial charge in [-0.3, -0.25) is 9.98 Å². The Kier molecular flexibility index (Phi) is 4.70. The van der Waals surface area contributed by atoms with E-state index in [0.29, 0.717) is 13.1 Å². The maximum atomic E-state index is 5.67. The zero-order valence-electron chi connectivity index (χ0n) is 12.9. The summed E-state index contributed by atoms with van der Waals surface area (Å²) < 4.78 is 0. The molecule has 2 aliphatic rings. The normalized spacial score (nSPS) is 17.9. The Morgan fingerprint density at radius 3 is 1.55 bits per heavy atom. The number of benzene rings is 1. The molecule has 0 atom stereocenters. The van der Waals surface area contributed by atoms with E-state index < -0.39 is 0 Å². The van der Waals surface area contributed by atoms with Gasteiger partial charge in [-0.1, -0.05) is 24.3 Å². The molecule has 1 aromatic rings. The second kappa shape index (κ2) is 6.89. The fourth-order valence-corrected chi connectivity index (χ4v) is 3.03. The highest BCUT2D eigenvalue weighted by Crippen LogP contribution is 2.15. The minimum atomic E-state index is 0.655. The molecule has 0 aliphatic carbocycles. The highest BCUT2D eigenvalue weighted by Gasteiger charge is 2.20. The van der Waals surface area contributed by atoms with E-state index in [4.69, 9.17) is 11.5 Å². The van der Waals surface area contributed by atoms with Gasteiger partial charge in [-0.05, 0) is 0 Å². The van der Waals surface area contributed by atoms with Crippen LogP contribution in [0.2, 0.25) is 0 Å². The van der Waals surface area contributed by atoms with Gasteiger partial charge < -0.3 is 21.3 Å². The first-order valence-electron chi connectivity index (χ1n) is 7.93. The van der Waals surface area contributed by atoms with Gasteiger partial charge in [0.05, 0.1) is 13.1 Å². The van der Waals surface area contributed by atoms with Crippen LogP contribution in [0.25, 0.3) is 0 Å². The van der Waals surface area contributed by atoms with Crippen molar-refractivity contribution >= 4 is 11.7 Å². The predicted octanol–water partition coefficient (Wildman–Crippen LogP) is -0.272. The maximum absolute atomic E-state index is 5.67. The lowest BCUT2D eigenvalue weighted by Crippen LogP contribution is -2.34. The average molecular weight is 300 g/mol. The standard InChI is InChI=1S/C16H24N6/c17-5-9-21-11-7-19-15(21)13-1-2-14(4-3-13)16-20-8-12-22(16)10-6-18/h1-4H,5-12,17-18H2. The number of rotatable bonds is 6. The highest BCUT2D eigenvalue weighted by atomic mass is 15.2. The molecule has 0 unspecified atom stereocenters. The summed E-state index contributed by atoms with van der Waals surface area (Å²) in [5, 5.41) is 0. The van der Waals surface area contributed by atoms with Gasteiger partial charge in [0.1, 0.15) is 11.7 Å². The number of nitrogens with two attached hydrogens (primary N) is 2.